The van der Waals surface area contributed by atoms with E-state index in [1.54, 1.807) is 17.1 Å². The van der Waals surface area contributed by atoms with Gasteiger partial charge in [-0.15, -0.1) is 5.10 Å². The molecule has 16 heavy (non-hydrogen) atoms. The van der Waals surface area contributed by atoms with Crippen LogP contribution in [0.25, 0.3) is 0 Å². The normalized spacial score (nSPS) is 13.5. The van der Waals surface area contributed by atoms with E-state index in [0.29, 0.717) is 13.1 Å². The van der Waals surface area contributed by atoms with Gasteiger partial charge in [0, 0.05) is 12.7 Å². The summed E-state index contributed by atoms with van der Waals surface area (Å²) in [4.78, 5) is 11.6. The molecule has 1 aromatic heterocycles. The zero-order valence-corrected chi connectivity index (χ0v) is 9.97. The van der Waals surface area contributed by atoms with Crippen LogP contribution in [-0.4, -0.2) is 33.5 Å². The lowest BCUT2D eigenvalue weighted by molar-refractivity contribution is -0.124. The molecule has 1 unspecified atom stereocenters. The first-order valence-corrected chi connectivity index (χ1v) is 5.28. The highest BCUT2D eigenvalue weighted by Gasteiger charge is 2.26. The molecule has 1 heterocycles. The smallest absolute Gasteiger partial charge is 0.237 e. The molecule has 0 bridgehead atoms. The molecule has 0 radical (unpaired) electrons. The van der Waals surface area contributed by atoms with Crippen molar-refractivity contribution in [2.45, 2.75) is 33.4 Å². The van der Waals surface area contributed by atoms with Crippen molar-refractivity contribution in [3.05, 3.63) is 12.4 Å². The second kappa shape index (κ2) is 5.07. The Morgan fingerprint density at radius 2 is 2.25 bits per heavy atom. The van der Waals surface area contributed by atoms with E-state index in [1.807, 2.05) is 20.8 Å². The predicted molar refractivity (Wildman–Crippen MR) is 60.5 cm³/mol. The van der Waals surface area contributed by atoms with Crippen LogP contribution in [0.5, 0.6) is 0 Å². The van der Waals surface area contributed by atoms with Crippen molar-refractivity contribution in [1.82, 2.24) is 20.3 Å². The Balaban J connectivity index is 2.30. The van der Waals surface area contributed by atoms with Crippen LogP contribution in [0.3, 0.4) is 0 Å². The maximum atomic E-state index is 11.6. The molecule has 0 saturated heterocycles. The third kappa shape index (κ3) is 3.62. The molecule has 1 amide bonds. The van der Waals surface area contributed by atoms with Crippen LogP contribution in [0.4, 0.5) is 0 Å². The van der Waals surface area contributed by atoms with Gasteiger partial charge in [0.1, 0.15) is 0 Å². The second-order valence-corrected chi connectivity index (χ2v) is 4.80. The fraction of sp³-hybridized carbons (Fsp3) is 0.700. The van der Waals surface area contributed by atoms with Crippen molar-refractivity contribution in [1.29, 1.82) is 0 Å². The first kappa shape index (κ1) is 12.6. The molecule has 0 saturated carbocycles. The molecule has 0 aliphatic rings. The molecule has 90 valence electrons. The molecule has 0 aliphatic heterocycles. The highest BCUT2D eigenvalue weighted by atomic mass is 16.2. The van der Waals surface area contributed by atoms with E-state index in [-0.39, 0.29) is 11.3 Å². The summed E-state index contributed by atoms with van der Waals surface area (Å²) in [5.74, 6) is -0.132. The van der Waals surface area contributed by atoms with Gasteiger partial charge < -0.3 is 11.1 Å². The standard InChI is InChI=1S/C10H19N5O/c1-10(2,3)8(11)9(16)12-4-6-15-7-5-13-14-15/h5,7-8H,4,6,11H2,1-3H3,(H,12,16). The van der Waals surface area contributed by atoms with E-state index in [1.165, 1.54) is 0 Å². The molecule has 0 fully saturated rings. The summed E-state index contributed by atoms with van der Waals surface area (Å²) in [6, 6.07) is -0.497. The quantitative estimate of drug-likeness (QED) is 0.741. The number of aromatic nitrogens is 3. The van der Waals surface area contributed by atoms with Crippen LogP contribution in [0, 0.1) is 5.41 Å². The minimum absolute atomic E-state index is 0.132. The van der Waals surface area contributed by atoms with Crippen molar-refractivity contribution in [2.24, 2.45) is 11.1 Å². The summed E-state index contributed by atoms with van der Waals surface area (Å²) in [7, 11) is 0. The van der Waals surface area contributed by atoms with Gasteiger partial charge >= 0.3 is 0 Å². The number of carbonyl (C=O) groups is 1. The third-order valence-electron chi connectivity index (χ3n) is 2.33. The van der Waals surface area contributed by atoms with Gasteiger partial charge in [0.05, 0.1) is 18.8 Å². The molecule has 1 aromatic rings. The minimum atomic E-state index is -0.497. The van der Waals surface area contributed by atoms with Crippen LogP contribution < -0.4 is 11.1 Å². The number of nitrogens with two attached hydrogens (primary N) is 1. The van der Waals surface area contributed by atoms with Gasteiger partial charge in [0.15, 0.2) is 0 Å². The fourth-order valence-electron chi connectivity index (χ4n) is 1.15. The number of hydrogen-bond donors (Lipinski definition) is 2. The van der Waals surface area contributed by atoms with Crippen LogP contribution in [-0.2, 0) is 11.3 Å². The molecule has 0 aliphatic carbocycles. The Hall–Kier alpha value is -1.43. The van der Waals surface area contributed by atoms with Gasteiger partial charge in [0.25, 0.3) is 0 Å². The first-order valence-electron chi connectivity index (χ1n) is 5.28. The van der Waals surface area contributed by atoms with Crippen molar-refractivity contribution < 1.29 is 4.79 Å². The Bertz CT molecular complexity index is 327. The summed E-state index contributed by atoms with van der Waals surface area (Å²) >= 11 is 0. The summed E-state index contributed by atoms with van der Waals surface area (Å²) in [6.45, 7) is 6.92. The second-order valence-electron chi connectivity index (χ2n) is 4.80. The lowest BCUT2D eigenvalue weighted by Gasteiger charge is -2.25. The van der Waals surface area contributed by atoms with Crippen LogP contribution in [0.2, 0.25) is 0 Å². The van der Waals surface area contributed by atoms with Crippen molar-refractivity contribution in [2.75, 3.05) is 6.54 Å². The zero-order valence-electron chi connectivity index (χ0n) is 9.97. The van der Waals surface area contributed by atoms with E-state index >= 15 is 0 Å². The topological polar surface area (TPSA) is 85.8 Å². The molecule has 0 spiro atoms. The van der Waals surface area contributed by atoms with Crippen LogP contribution >= 0.6 is 0 Å². The lowest BCUT2D eigenvalue weighted by atomic mass is 9.87. The van der Waals surface area contributed by atoms with E-state index < -0.39 is 6.04 Å². The Kier molecular flexibility index (Phi) is 4.00. The average Bonchev–Trinajstić information content (AvgIpc) is 2.67. The predicted octanol–water partition coefficient (Wildman–Crippen LogP) is -0.232. The lowest BCUT2D eigenvalue weighted by Crippen LogP contribution is -2.49. The summed E-state index contributed by atoms with van der Waals surface area (Å²) in [5, 5.41) is 10.2. The molecule has 6 nitrogen and oxygen atoms in total. The highest BCUT2D eigenvalue weighted by Crippen LogP contribution is 2.16. The number of nitrogens with one attached hydrogen (secondary N) is 1. The zero-order chi connectivity index (χ0) is 12.2. The fourth-order valence-corrected chi connectivity index (χ4v) is 1.15. The Morgan fingerprint density at radius 3 is 2.75 bits per heavy atom. The maximum absolute atomic E-state index is 11.6. The SMILES string of the molecule is CC(C)(C)C(N)C(=O)NCCn1ccnn1. The third-order valence-corrected chi connectivity index (χ3v) is 2.33. The van der Waals surface area contributed by atoms with Gasteiger partial charge in [-0.05, 0) is 5.41 Å². The summed E-state index contributed by atoms with van der Waals surface area (Å²) < 4.78 is 1.66. The van der Waals surface area contributed by atoms with Crippen molar-refractivity contribution >= 4 is 5.91 Å². The largest absolute Gasteiger partial charge is 0.353 e. The number of rotatable bonds is 4. The molecular formula is C10H19N5O. The minimum Gasteiger partial charge on any atom is -0.353 e. The Labute approximate surface area is 95.2 Å². The van der Waals surface area contributed by atoms with Gasteiger partial charge in [-0.1, -0.05) is 26.0 Å². The maximum Gasteiger partial charge on any atom is 0.237 e. The van der Waals surface area contributed by atoms with Gasteiger partial charge in [0.2, 0.25) is 5.91 Å². The molecule has 3 N–H and O–H groups in total. The van der Waals surface area contributed by atoms with Crippen molar-refractivity contribution in [3.8, 4) is 0 Å². The monoisotopic (exact) mass is 225 g/mol. The van der Waals surface area contributed by atoms with E-state index in [4.69, 9.17) is 5.73 Å². The first-order chi connectivity index (χ1) is 7.41. The number of nitrogens with zero attached hydrogens (tertiary/aromatic N) is 3. The van der Waals surface area contributed by atoms with Crippen LogP contribution in [0.1, 0.15) is 20.8 Å². The molecule has 0 aromatic carbocycles. The van der Waals surface area contributed by atoms with Crippen LogP contribution in [0.15, 0.2) is 12.4 Å². The highest BCUT2D eigenvalue weighted by molar-refractivity contribution is 5.82. The van der Waals surface area contributed by atoms with Gasteiger partial charge in [-0.2, -0.15) is 0 Å². The van der Waals surface area contributed by atoms with E-state index in [2.05, 4.69) is 15.6 Å². The number of hydrogen-bond acceptors (Lipinski definition) is 4. The summed E-state index contributed by atoms with van der Waals surface area (Å²) in [6.07, 6.45) is 3.35. The average molecular weight is 225 g/mol. The van der Waals surface area contributed by atoms with E-state index in [9.17, 15) is 4.79 Å². The number of carbonyl (C=O) groups excluding carboxylic acids is 1. The van der Waals surface area contributed by atoms with E-state index in [0.717, 1.165) is 0 Å². The molecule has 6 heteroatoms. The summed E-state index contributed by atoms with van der Waals surface area (Å²) in [5.41, 5.74) is 5.58. The Morgan fingerprint density at radius 1 is 1.56 bits per heavy atom. The molecule has 1 rings (SSSR count). The van der Waals surface area contributed by atoms with Gasteiger partial charge in [-0.3, -0.25) is 9.48 Å². The number of amides is 1. The van der Waals surface area contributed by atoms with Crippen molar-refractivity contribution in [3.63, 3.8) is 0 Å². The van der Waals surface area contributed by atoms with Gasteiger partial charge in [-0.25, -0.2) is 0 Å². The molecular weight excluding hydrogens is 206 g/mol. The molecule has 1 atom stereocenters.